The molecule has 0 unspecified atom stereocenters. The summed E-state index contributed by atoms with van der Waals surface area (Å²) in [5.41, 5.74) is 0. The first kappa shape index (κ1) is 12.6. The van der Waals surface area contributed by atoms with Gasteiger partial charge in [0.2, 0.25) is 5.91 Å². The quantitative estimate of drug-likeness (QED) is 0.657. The van der Waals surface area contributed by atoms with Gasteiger partial charge in [0.1, 0.15) is 0 Å². The molecule has 0 aromatic carbocycles. The molecule has 1 heterocycles. The first-order valence-electron chi connectivity index (χ1n) is 5.51. The van der Waals surface area contributed by atoms with Gasteiger partial charge in [-0.25, -0.2) is 0 Å². The number of carbonyl (C=O) groups excluding carboxylic acids is 1. The van der Waals surface area contributed by atoms with Crippen LogP contribution in [-0.4, -0.2) is 41.3 Å². The monoisotopic (exact) mass is 232 g/mol. The van der Waals surface area contributed by atoms with Crippen molar-refractivity contribution in [3.8, 4) is 0 Å². The molecule has 0 aliphatic carbocycles. The summed E-state index contributed by atoms with van der Waals surface area (Å²) in [4.78, 5) is 10.9. The van der Waals surface area contributed by atoms with Gasteiger partial charge >= 0.3 is 0 Å². The second-order valence-corrected chi connectivity index (χ2v) is 5.55. The summed E-state index contributed by atoms with van der Waals surface area (Å²) in [5.74, 6) is 1.75. The summed E-state index contributed by atoms with van der Waals surface area (Å²) in [7, 11) is 1.08. The fourth-order valence-electron chi connectivity index (χ4n) is 1.68. The van der Waals surface area contributed by atoms with Crippen molar-refractivity contribution in [3.05, 3.63) is 0 Å². The standard InChI is InChI=1S/C10H20N2O2S/c1-11-10(13)3-2-6-12-9-4-7-15(14)8-5-9/h9,12H,2-8H2,1H3,(H,11,13). The first-order valence-corrected chi connectivity index (χ1v) is 7.00. The minimum absolute atomic E-state index is 0.0987. The zero-order valence-electron chi connectivity index (χ0n) is 9.25. The summed E-state index contributed by atoms with van der Waals surface area (Å²) >= 11 is 0. The second kappa shape index (κ2) is 6.95. The average molecular weight is 232 g/mol. The minimum atomic E-state index is -0.581. The smallest absolute Gasteiger partial charge is 0.219 e. The molecule has 1 rings (SSSR count). The van der Waals surface area contributed by atoms with Crippen LogP contribution >= 0.6 is 0 Å². The van der Waals surface area contributed by atoms with Crippen LogP contribution in [0.25, 0.3) is 0 Å². The Bertz CT molecular complexity index is 223. The van der Waals surface area contributed by atoms with E-state index in [2.05, 4.69) is 10.6 Å². The molecule has 5 heteroatoms. The molecule has 88 valence electrons. The first-order chi connectivity index (χ1) is 7.22. The molecular formula is C10H20N2O2S. The molecule has 0 radical (unpaired) electrons. The van der Waals surface area contributed by atoms with Gasteiger partial charge in [0.25, 0.3) is 0 Å². The molecule has 15 heavy (non-hydrogen) atoms. The molecule has 1 aliphatic rings. The highest BCUT2D eigenvalue weighted by Gasteiger charge is 2.16. The van der Waals surface area contributed by atoms with E-state index < -0.39 is 10.8 Å². The van der Waals surface area contributed by atoms with E-state index in [1.807, 2.05) is 0 Å². The predicted octanol–water partition coefficient (Wildman–Crippen LogP) is 0.0133. The SMILES string of the molecule is CNC(=O)CCCNC1CCS(=O)CC1. The largest absolute Gasteiger partial charge is 0.359 e. The van der Waals surface area contributed by atoms with Crippen LogP contribution in [0.5, 0.6) is 0 Å². The lowest BCUT2D eigenvalue weighted by Gasteiger charge is -2.22. The lowest BCUT2D eigenvalue weighted by atomic mass is 10.1. The van der Waals surface area contributed by atoms with Crippen LogP contribution in [-0.2, 0) is 15.6 Å². The Balaban J connectivity index is 2.00. The number of carbonyl (C=O) groups is 1. The topological polar surface area (TPSA) is 58.2 Å². The van der Waals surface area contributed by atoms with Crippen molar-refractivity contribution in [1.29, 1.82) is 0 Å². The van der Waals surface area contributed by atoms with Crippen molar-refractivity contribution in [2.45, 2.75) is 31.7 Å². The molecule has 0 atom stereocenters. The molecule has 0 saturated carbocycles. The van der Waals surface area contributed by atoms with Gasteiger partial charge in [0, 0.05) is 41.8 Å². The zero-order valence-corrected chi connectivity index (χ0v) is 10.1. The third-order valence-electron chi connectivity index (χ3n) is 2.68. The summed E-state index contributed by atoms with van der Waals surface area (Å²) in [5, 5.41) is 6.01. The van der Waals surface area contributed by atoms with Crippen molar-refractivity contribution < 1.29 is 9.00 Å². The van der Waals surface area contributed by atoms with Crippen molar-refractivity contribution in [2.24, 2.45) is 0 Å². The van der Waals surface area contributed by atoms with E-state index in [1.54, 1.807) is 7.05 Å². The fourth-order valence-corrected chi connectivity index (χ4v) is 2.98. The highest BCUT2D eigenvalue weighted by atomic mass is 32.2. The van der Waals surface area contributed by atoms with Crippen LogP contribution in [0.4, 0.5) is 0 Å². The van der Waals surface area contributed by atoms with Crippen molar-refractivity contribution in [2.75, 3.05) is 25.1 Å². The van der Waals surface area contributed by atoms with Gasteiger partial charge in [-0.05, 0) is 25.8 Å². The highest BCUT2D eigenvalue weighted by Crippen LogP contribution is 2.08. The van der Waals surface area contributed by atoms with E-state index in [4.69, 9.17) is 0 Å². The zero-order chi connectivity index (χ0) is 11.1. The molecule has 1 saturated heterocycles. The van der Waals surface area contributed by atoms with E-state index in [0.717, 1.165) is 37.3 Å². The van der Waals surface area contributed by atoms with Gasteiger partial charge in [0.05, 0.1) is 0 Å². The normalized spacial score (nSPS) is 26.2. The van der Waals surface area contributed by atoms with E-state index in [1.165, 1.54) is 0 Å². The van der Waals surface area contributed by atoms with Gasteiger partial charge in [-0.15, -0.1) is 0 Å². The Morgan fingerprint density at radius 2 is 2.07 bits per heavy atom. The molecule has 2 N–H and O–H groups in total. The Kier molecular flexibility index (Phi) is 5.86. The highest BCUT2D eigenvalue weighted by molar-refractivity contribution is 7.85. The number of nitrogens with one attached hydrogen (secondary N) is 2. The maximum absolute atomic E-state index is 11.1. The van der Waals surface area contributed by atoms with Gasteiger partial charge in [0.15, 0.2) is 0 Å². The third kappa shape index (κ3) is 5.28. The lowest BCUT2D eigenvalue weighted by molar-refractivity contribution is -0.120. The molecule has 1 amide bonds. The predicted molar refractivity (Wildman–Crippen MR) is 62.2 cm³/mol. The number of rotatable bonds is 5. The van der Waals surface area contributed by atoms with E-state index in [0.29, 0.717) is 12.5 Å². The van der Waals surface area contributed by atoms with Crippen LogP contribution in [0.15, 0.2) is 0 Å². The van der Waals surface area contributed by atoms with E-state index in [9.17, 15) is 9.00 Å². The minimum Gasteiger partial charge on any atom is -0.359 e. The van der Waals surface area contributed by atoms with Crippen LogP contribution in [0.2, 0.25) is 0 Å². The van der Waals surface area contributed by atoms with Gasteiger partial charge in [-0.2, -0.15) is 0 Å². The summed E-state index contributed by atoms with van der Waals surface area (Å²) in [6.45, 7) is 0.880. The molecule has 1 fully saturated rings. The van der Waals surface area contributed by atoms with Crippen LogP contribution in [0, 0.1) is 0 Å². The maximum atomic E-state index is 11.1. The summed E-state index contributed by atoms with van der Waals surface area (Å²) in [6.07, 6.45) is 3.47. The van der Waals surface area contributed by atoms with Crippen LogP contribution in [0.1, 0.15) is 25.7 Å². The van der Waals surface area contributed by atoms with Gasteiger partial charge < -0.3 is 10.6 Å². The van der Waals surface area contributed by atoms with Crippen molar-refractivity contribution in [1.82, 2.24) is 10.6 Å². The summed E-state index contributed by atoms with van der Waals surface area (Å²) in [6, 6.07) is 0.507. The Labute approximate surface area is 93.7 Å². The van der Waals surface area contributed by atoms with E-state index >= 15 is 0 Å². The van der Waals surface area contributed by atoms with E-state index in [-0.39, 0.29) is 5.91 Å². The molecule has 0 spiro atoms. The Morgan fingerprint density at radius 3 is 2.67 bits per heavy atom. The summed E-state index contributed by atoms with van der Waals surface area (Å²) < 4.78 is 11.1. The molecule has 1 aliphatic heterocycles. The second-order valence-electron chi connectivity index (χ2n) is 3.85. The fraction of sp³-hybridized carbons (Fsp3) is 0.900. The van der Waals surface area contributed by atoms with Crippen molar-refractivity contribution >= 4 is 16.7 Å². The number of hydrogen-bond acceptors (Lipinski definition) is 3. The van der Waals surface area contributed by atoms with Crippen LogP contribution in [0.3, 0.4) is 0 Å². The molecule has 0 aromatic heterocycles. The van der Waals surface area contributed by atoms with Gasteiger partial charge in [-0.1, -0.05) is 0 Å². The van der Waals surface area contributed by atoms with Crippen molar-refractivity contribution in [3.63, 3.8) is 0 Å². The third-order valence-corrected chi connectivity index (χ3v) is 4.06. The molecular weight excluding hydrogens is 212 g/mol. The average Bonchev–Trinajstić information content (AvgIpc) is 2.26. The van der Waals surface area contributed by atoms with Crippen LogP contribution < -0.4 is 10.6 Å². The molecule has 0 aromatic rings. The lowest BCUT2D eigenvalue weighted by Crippen LogP contribution is -2.36. The Morgan fingerprint density at radius 1 is 1.40 bits per heavy atom. The molecule has 4 nitrogen and oxygen atoms in total. The maximum Gasteiger partial charge on any atom is 0.219 e. The Hall–Kier alpha value is -0.420. The number of hydrogen-bond donors (Lipinski definition) is 2. The van der Waals surface area contributed by atoms with Gasteiger partial charge in [-0.3, -0.25) is 9.00 Å². The molecule has 0 bridgehead atoms. The number of amides is 1.